The van der Waals surface area contributed by atoms with Crippen LogP contribution in [0.25, 0.3) is 0 Å². The van der Waals surface area contributed by atoms with E-state index in [2.05, 4.69) is 10.1 Å². The van der Waals surface area contributed by atoms with Gasteiger partial charge in [-0.2, -0.15) is 0 Å². The van der Waals surface area contributed by atoms with Crippen LogP contribution in [0.1, 0.15) is 20.3 Å². The van der Waals surface area contributed by atoms with E-state index in [-0.39, 0.29) is 24.1 Å². The standard InChI is InChI=1S/C9H16ClNO3/c1-6(2)8(9(13)14-3)11-7(12)4-5-10/h6,8H,4-5H2,1-3H3,(H,11,12)/t8-/m0/s1. The van der Waals surface area contributed by atoms with Crippen molar-refractivity contribution in [3.05, 3.63) is 0 Å². The van der Waals surface area contributed by atoms with E-state index in [1.807, 2.05) is 13.8 Å². The number of ether oxygens (including phenoxy) is 1. The Kier molecular flexibility index (Phi) is 6.28. The number of hydrogen-bond donors (Lipinski definition) is 1. The number of esters is 1. The van der Waals surface area contributed by atoms with E-state index in [1.54, 1.807) is 0 Å². The molecule has 0 aromatic carbocycles. The van der Waals surface area contributed by atoms with Crippen molar-refractivity contribution in [3.63, 3.8) is 0 Å². The molecule has 0 radical (unpaired) electrons. The van der Waals surface area contributed by atoms with Gasteiger partial charge >= 0.3 is 5.97 Å². The summed E-state index contributed by atoms with van der Waals surface area (Å²) in [5.41, 5.74) is 0. The molecule has 0 spiro atoms. The Labute approximate surface area is 88.9 Å². The van der Waals surface area contributed by atoms with Gasteiger partial charge < -0.3 is 10.1 Å². The topological polar surface area (TPSA) is 55.4 Å². The van der Waals surface area contributed by atoms with Gasteiger partial charge in [0.15, 0.2) is 0 Å². The van der Waals surface area contributed by atoms with E-state index >= 15 is 0 Å². The third-order valence-electron chi connectivity index (χ3n) is 1.76. The highest BCUT2D eigenvalue weighted by molar-refractivity contribution is 6.18. The highest BCUT2D eigenvalue weighted by atomic mass is 35.5. The molecule has 0 aliphatic carbocycles. The summed E-state index contributed by atoms with van der Waals surface area (Å²) in [6.07, 6.45) is 0.210. The summed E-state index contributed by atoms with van der Waals surface area (Å²) in [7, 11) is 1.30. The van der Waals surface area contributed by atoms with Crippen LogP contribution in [0.5, 0.6) is 0 Å². The van der Waals surface area contributed by atoms with Crippen molar-refractivity contribution in [2.45, 2.75) is 26.3 Å². The number of carbonyl (C=O) groups is 2. The zero-order chi connectivity index (χ0) is 11.1. The maximum Gasteiger partial charge on any atom is 0.328 e. The molecule has 0 rings (SSSR count). The first-order chi connectivity index (χ1) is 6.52. The quantitative estimate of drug-likeness (QED) is 0.555. The van der Waals surface area contributed by atoms with E-state index in [9.17, 15) is 9.59 Å². The highest BCUT2D eigenvalue weighted by Crippen LogP contribution is 2.03. The third-order valence-corrected chi connectivity index (χ3v) is 1.95. The van der Waals surface area contributed by atoms with Gasteiger partial charge in [-0.1, -0.05) is 13.8 Å². The molecule has 1 N–H and O–H groups in total. The number of carbonyl (C=O) groups excluding carboxylic acids is 2. The van der Waals surface area contributed by atoms with Crippen molar-refractivity contribution < 1.29 is 14.3 Å². The highest BCUT2D eigenvalue weighted by Gasteiger charge is 2.24. The zero-order valence-electron chi connectivity index (χ0n) is 8.67. The molecule has 5 heteroatoms. The van der Waals surface area contributed by atoms with Gasteiger partial charge in [-0.15, -0.1) is 11.6 Å². The van der Waals surface area contributed by atoms with Gasteiger partial charge in [-0.25, -0.2) is 4.79 Å². The predicted molar refractivity (Wildman–Crippen MR) is 54.1 cm³/mol. The van der Waals surface area contributed by atoms with Crippen molar-refractivity contribution in [3.8, 4) is 0 Å². The van der Waals surface area contributed by atoms with Crippen LogP contribution in [-0.2, 0) is 14.3 Å². The number of amides is 1. The molecule has 0 unspecified atom stereocenters. The van der Waals surface area contributed by atoms with Crippen LogP contribution >= 0.6 is 11.6 Å². The predicted octanol–water partition coefficient (Wildman–Crippen LogP) is 0.929. The molecule has 0 fully saturated rings. The molecule has 14 heavy (non-hydrogen) atoms. The van der Waals surface area contributed by atoms with E-state index in [0.29, 0.717) is 0 Å². The number of halogens is 1. The lowest BCUT2D eigenvalue weighted by Crippen LogP contribution is -2.45. The van der Waals surface area contributed by atoms with Gasteiger partial charge in [-0.3, -0.25) is 4.79 Å². The molecule has 1 amide bonds. The van der Waals surface area contributed by atoms with E-state index in [1.165, 1.54) is 7.11 Å². The van der Waals surface area contributed by atoms with Crippen molar-refractivity contribution in [2.24, 2.45) is 5.92 Å². The Hall–Kier alpha value is -0.770. The Balaban J connectivity index is 4.23. The maximum atomic E-state index is 11.2. The van der Waals surface area contributed by atoms with Crippen molar-refractivity contribution in [1.82, 2.24) is 5.32 Å². The summed E-state index contributed by atoms with van der Waals surface area (Å²) in [6, 6.07) is -0.587. The Morgan fingerprint density at radius 3 is 2.36 bits per heavy atom. The molecule has 0 bridgehead atoms. The fourth-order valence-electron chi connectivity index (χ4n) is 0.956. The molecule has 4 nitrogen and oxygen atoms in total. The largest absolute Gasteiger partial charge is 0.467 e. The lowest BCUT2D eigenvalue weighted by atomic mass is 10.0. The van der Waals surface area contributed by atoms with E-state index in [0.717, 1.165) is 0 Å². The van der Waals surface area contributed by atoms with E-state index in [4.69, 9.17) is 11.6 Å². The summed E-state index contributed by atoms with van der Waals surface area (Å²) in [5.74, 6) is -0.411. The monoisotopic (exact) mass is 221 g/mol. The first-order valence-corrected chi connectivity index (χ1v) is 4.99. The van der Waals surface area contributed by atoms with Crippen molar-refractivity contribution in [1.29, 1.82) is 0 Å². The average Bonchev–Trinajstić information content (AvgIpc) is 2.13. The number of hydrogen-bond acceptors (Lipinski definition) is 3. The summed E-state index contributed by atoms with van der Waals surface area (Å²) >= 11 is 5.40. The van der Waals surface area contributed by atoms with Gasteiger partial charge in [-0.05, 0) is 5.92 Å². The van der Waals surface area contributed by atoms with Crippen LogP contribution in [0, 0.1) is 5.92 Å². The lowest BCUT2D eigenvalue weighted by molar-refractivity contribution is -0.146. The Bertz CT molecular complexity index is 206. The molecule has 0 saturated carbocycles. The number of rotatable bonds is 5. The second-order valence-electron chi connectivity index (χ2n) is 3.25. The number of alkyl halides is 1. The summed E-state index contributed by atoms with van der Waals surface area (Å²) in [6.45, 7) is 3.67. The third kappa shape index (κ3) is 4.46. The molecule has 0 heterocycles. The molecule has 0 aliphatic rings. The van der Waals surface area contributed by atoms with Gasteiger partial charge in [0.25, 0.3) is 0 Å². The van der Waals surface area contributed by atoms with Crippen LogP contribution in [0.4, 0.5) is 0 Å². The van der Waals surface area contributed by atoms with Crippen molar-refractivity contribution in [2.75, 3.05) is 13.0 Å². The molecule has 0 saturated heterocycles. The first kappa shape index (κ1) is 13.2. The minimum Gasteiger partial charge on any atom is -0.467 e. The molecule has 82 valence electrons. The normalized spacial score (nSPS) is 12.4. The molecule has 1 atom stereocenters. The number of nitrogens with one attached hydrogen (secondary N) is 1. The van der Waals surface area contributed by atoms with Gasteiger partial charge in [0.1, 0.15) is 6.04 Å². The van der Waals surface area contributed by atoms with Crippen LogP contribution in [0.3, 0.4) is 0 Å². The molecule has 0 aromatic heterocycles. The average molecular weight is 222 g/mol. The minimum absolute atomic E-state index is 0.00160. The Morgan fingerprint density at radius 1 is 1.43 bits per heavy atom. The molecular formula is C9H16ClNO3. The summed E-state index contributed by atoms with van der Waals surface area (Å²) < 4.78 is 4.57. The second-order valence-corrected chi connectivity index (χ2v) is 3.63. The Morgan fingerprint density at radius 2 is 2.00 bits per heavy atom. The molecule has 0 aromatic rings. The van der Waals surface area contributed by atoms with Crippen LogP contribution < -0.4 is 5.32 Å². The first-order valence-electron chi connectivity index (χ1n) is 4.46. The van der Waals surface area contributed by atoms with Crippen molar-refractivity contribution >= 4 is 23.5 Å². The SMILES string of the molecule is COC(=O)[C@@H](NC(=O)CCCl)C(C)C. The van der Waals surface area contributed by atoms with Crippen LogP contribution in [0.15, 0.2) is 0 Å². The summed E-state index contributed by atoms with van der Waals surface area (Å²) in [4.78, 5) is 22.4. The van der Waals surface area contributed by atoms with Crippen LogP contribution in [0.2, 0.25) is 0 Å². The lowest BCUT2D eigenvalue weighted by Gasteiger charge is -2.19. The maximum absolute atomic E-state index is 11.2. The second kappa shape index (κ2) is 6.65. The molecular weight excluding hydrogens is 206 g/mol. The summed E-state index contributed by atoms with van der Waals surface area (Å²) in [5, 5.41) is 2.57. The number of methoxy groups -OCH3 is 1. The fourth-order valence-corrected chi connectivity index (χ4v) is 1.13. The van der Waals surface area contributed by atoms with E-state index < -0.39 is 12.0 Å². The molecule has 0 aliphatic heterocycles. The van der Waals surface area contributed by atoms with Gasteiger partial charge in [0, 0.05) is 12.3 Å². The van der Waals surface area contributed by atoms with Crippen LogP contribution in [-0.4, -0.2) is 30.9 Å². The fraction of sp³-hybridized carbons (Fsp3) is 0.778. The van der Waals surface area contributed by atoms with Gasteiger partial charge in [0.2, 0.25) is 5.91 Å². The smallest absolute Gasteiger partial charge is 0.328 e. The van der Waals surface area contributed by atoms with Gasteiger partial charge in [0.05, 0.1) is 7.11 Å². The minimum atomic E-state index is -0.587. The zero-order valence-corrected chi connectivity index (χ0v) is 9.43.